The van der Waals surface area contributed by atoms with Crippen molar-refractivity contribution < 1.29 is 4.79 Å². The lowest BCUT2D eigenvalue weighted by molar-refractivity contribution is 0.231. The first kappa shape index (κ1) is 11.5. The zero-order valence-electron chi connectivity index (χ0n) is 9.91. The number of rotatable bonds is 2. The zero-order valence-corrected chi connectivity index (χ0v) is 10.7. The molecule has 1 aromatic rings. The zero-order chi connectivity index (χ0) is 11.8. The van der Waals surface area contributed by atoms with E-state index in [4.69, 9.17) is 0 Å². The van der Waals surface area contributed by atoms with Crippen LogP contribution < -0.4 is 10.6 Å². The van der Waals surface area contributed by atoms with Gasteiger partial charge in [-0.2, -0.15) is 0 Å². The summed E-state index contributed by atoms with van der Waals surface area (Å²) >= 11 is 1.77. The summed E-state index contributed by atoms with van der Waals surface area (Å²) in [6, 6.07) is 4.46. The predicted molar refractivity (Wildman–Crippen MR) is 66.9 cm³/mol. The van der Waals surface area contributed by atoms with Crippen LogP contribution in [0.2, 0.25) is 0 Å². The number of nitrogens with one attached hydrogen (secondary N) is 2. The number of amides is 2. The first-order valence-corrected chi connectivity index (χ1v) is 6.46. The van der Waals surface area contributed by atoms with Gasteiger partial charge in [0.25, 0.3) is 0 Å². The Morgan fingerprint density at radius 1 is 1.50 bits per heavy atom. The number of carbonyl (C=O) groups excluding carboxylic acids is 1. The summed E-state index contributed by atoms with van der Waals surface area (Å²) in [5.74, 6) is 0.533. The van der Waals surface area contributed by atoms with Crippen LogP contribution in [0.15, 0.2) is 17.5 Å². The van der Waals surface area contributed by atoms with Crippen molar-refractivity contribution in [2.45, 2.75) is 44.7 Å². The second kappa shape index (κ2) is 4.09. The van der Waals surface area contributed by atoms with E-state index in [-0.39, 0.29) is 11.6 Å². The molecule has 0 saturated heterocycles. The fourth-order valence-corrected chi connectivity index (χ4v) is 2.62. The maximum absolute atomic E-state index is 11.6. The third kappa shape index (κ3) is 2.98. The summed E-state index contributed by atoms with van der Waals surface area (Å²) in [7, 11) is 0. The predicted octanol–water partition coefficient (Wildman–Crippen LogP) is 2.70. The van der Waals surface area contributed by atoms with Gasteiger partial charge < -0.3 is 10.6 Å². The molecule has 0 radical (unpaired) electrons. The Balaban J connectivity index is 1.79. The van der Waals surface area contributed by atoms with Crippen LogP contribution in [0.5, 0.6) is 0 Å². The normalized spacial score (nSPS) is 23.9. The molecule has 2 rings (SSSR count). The standard InChI is InChI=1S/C12H18N2OS/c1-12(2,3)14-11(15)13-9-7-8(9)10-5-4-6-16-10/h4-6,8-9H,7H2,1-3H3,(H2,13,14,15). The first-order valence-electron chi connectivity index (χ1n) is 5.58. The number of hydrogen-bond donors (Lipinski definition) is 2. The van der Waals surface area contributed by atoms with Gasteiger partial charge in [-0.25, -0.2) is 4.79 Å². The molecule has 0 aliphatic heterocycles. The van der Waals surface area contributed by atoms with Crippen molar-refractivity contribution in [3.63, 3.8) is 0 Å². The van der Waals surface area contributed by atoms with Gasteiger partial charge >= 0.3 is 6.03 Å². The highest BCUT2D eigenvalue weighted by atomic mass is 32.1. The highest BCUT2D eigenvalue weighted by Crippen LogP contribution is 2.42. The molecule has 1 aromatic heterocycles. The summed E-state index contributed by atoms with van der Waals surface area (Å²) < 4.78 is 0. The highest BCUT2D eigenvalue weighted by molar-refractivity contribution is 7.10. The van der Waals surface area contributed by atoms with E-state index in [1.165, 1.54) is 4.88 Å². The monoisotopic (exact) mass is 238 g/mol. The molecule has 1 fully saturated rings. The Morgan fingerprint density at radius 3 is 2.81 bits per heavy atom. The van der Waals surface area contributed by atoms with Crippen molar-refractivity contribution >= 4 is 17.4 Å². The molecule has 2 unspecified atom stereocenters. The van der Waals surface area contributed by atoms with Crippen LogP contribution in [0.3, 0.4) is 0 Å². The molecule has 0 spiro atoms. The minimum Gasteiger partial charge on any atom is -0.335 e. The second-order valence-electron chi connectivity index (χ2n) is 5.31. The van der Waals surface area contributed by atoms with E-state index < -0.39 is 0 Å². The topological polar surface area (TPSA) is 41.1 Å². The Bertz CT molecular complexity index is 367. The SMILES string of the molecule is CC(C)(C)NC(=O)NC1CC1c1cccs1. The van der Waals surface area contributed by atoms with Gasteiger partial charge in [0.1, 0.15) is 0 Å². The number of urea groups is 1. The fourth-order valence-electron chi connectivity index (χ4n) is 1.72. The van der Waals surface area contributed by atoms with Crippen molar-refractivity contribution in [2.75, 3.05) is 0 Å². The van der Waals surface area contributed by atoms with Crippen molar-refractivity contribution in [3.8, 4) is 0 Å². The summed E-state index contributed by atoms with van der Waals surface area (Å²) in [4.78, 5) is 13.0. The second-order valence-corrected chi connectivity index (χ2v) is 6.29. The van der Waals surface area contributed by atoms with Gasteiger partial charge in [0, 0.05) is 22.4 Å². The lowest BCUT2D eigenvalue weighted by Crippen LogP contribution is -2.47. The summed E-state index contributed by atoms with van der Waals surface area (Å²) in [5.41, 5.74) is -0.169. The smallest absolute Gasteiger partial charge is 0.315 e. The summed E-state index contributed by atoms with van der Waals surface area (Å²) in [6.07, 6.45) is 1.07. The van der Waals surface area contributed by atoms with Gasteiger partial charge in [-0.15, -0.1) is 11.3 Å². The van der Waals surface area contributed by atoms with E-state index in [1.807, 2.05) is 20.8 Å². The van der Waals surface area contributed by atoms with E-state index in [1.54, 1.807) is 11.3 Å². The Hall–Kier alpha value is -1.03. The molecular weight excluding hydrogens is 220 g/mol. The van der Waals surface area contributed by atoms with Crippen LogP contribution in [0.4, 0.5) is 4.79 Å². The van der Waals surface area contributed by atoms with Crippen molar-refractivity contribution in [1.29, 1.82) is 0 Å². The van der Waals surface area contributed by atoms with Crippen LogP contribution in [0.1, 0.15) is 38.0 Å². The molecule has 3 nitrogen and oxygen atoms in total. The Kier molecular flexibility index (Phi) is 2.93. The van der Waals surface area contributed by atoms with Crippen LogP contribution in [-0.2, 0) is 0 Å². The third-order valence-corrected chi connectivity index (χ3v) is 3.51. The van der Waals surface area contributed by atoms with E-state index >= 15 is 0 Å². The molecule has 16 heavy (non-hydrogen) atoms. The number of thiophene rings is 1. The lowest BCUT2D eigenvalue weighted by atomic mass is 10.1. The molecule has 2 atom stereocenters. The minimum atomic E-state index is -0.169. The molecule has 0 bridgehead atoms. The van der Waals surface area contributed by atoms with Crippen molar-refractivity contribution in [1.82, 2.24) is 10.6 Å². The maximum atomic E-state index is 11.6. The number of carbonyl (C=O) groups is 1. The van der Waals surface area contributed by atoms with Crippen LogP contribution in [-0.4, -0.2) is 17.6 Å². The maximum Gasteiger partial charge on any atom is 0.315 e. The third-order valence-electron chi connectivity index (χ3n) is 2.50. The van der Waals surface area contributed by atoms with Gasteiger partial charge in [-0.1, -0.05) is 6.07 Å². The average Bonchev–Trinajstić information content (AvgIpc) is 2.70. The van der Waals surface area contributed by atoms with Gasteiger partial charge in [-0.05, 0) is 38.6 Å². The van der Waals surface area contributed by atoms with Crippen molar-refractivity contribution in [2.24, 2.45) is 0 Å². The van der Waals surface area contributed by atoms with Gasteiger partial charge in [-0.3, -0.25) is 0 Å². The average molecular weight is 238 g/mol. The van der Waals surface area contributed by atoms with E-state index in [2.05, 4.69) is 28.1 Å². The largest absolute Gasteiger partial charge is 0.335 e. The lowest BCUT2D eigenvalue weighted by Gasteiger charge is -2.20. The summed E-state index contributed by atoms with van der Waals surface area (Å²) in [5, 5.41) is 8.00. The van der Waals surface area contributed by atoms with Gasteiger partial charge in [0.2, 0.25) is 0 Å². The Morgan fingerprint density at radius 2 is 2.25 bits per heavy atom. The molecule has 1 heterocycles. The highest BCUT2D eigenvalue weighted by Gasteiger charge is 2.40. The molecule has 1 saturated carbocycles. The minimum absolute atomic E-state index is 0.0587. The molecular formula is C12H18N2OS. The van der Waals surface area contributed by atoms with E-state index in [0.29, 0.717) is 12.0 Å². The molecule has 2 amide bonds. The molecule has 1 aliphatic rings. The molecule has 2 N–H and O–H groups in total. The Labute approximate surface area is 100 Å². The molecule has 88 valence electrons. The van der Waals surface area contributed by atoms with E-state index in [0.717, 1.165) is 6.42 Å². The van der Waals surface area contributed by atoms with Crippen LogP contribution >= 0.6 is 11.3 Å². The number of hydrogen-bond acceptors (Lipinski definition) is 2. The molecule has 4 heteroatoms. The van der Waals surface area contributed by atoms with Gasteiger partial charge in [0.15, 0.2) is 0 Å². The first-order chi connectivity index (χ1) is 7.46. The molecule has 0 aromatic carbocycles. The van der Waals surface area contributed by atoms with E-state index in [9.17, 15) is 4.79 Å². The fraction of sp³-hybridized carbons (Fsp3) is 0.583. The molecule has 1 aliphatic carbocycles. The summed E-state index contributed by atoms with van der Waals surface area (Å²) in [6.45, 7) is 5.95. The van der Waals surface area contributed by atoms with Crippen molar-refractivity contribution in [3.05, 3.63) is 22.4 Å². The van der Waals surface area contributed by atoms with Crippen LogP contribution in [0.25, 0.3) is 0 Å². The van der Waals surface area contributed by atoms with Crippen LogP contribution in [0, 0.1) is 0 Å². The van der Waals surface area contributed by atoms with Gasteiger partial charge in [0.05, 0.1) is 0 Å². The quantitative estimate of drug-likeness (QED) is 0.817.